The largest absolute Gasteiger partial charge is 0.368 e. The first-order valence-electron chi connectivity index (χ1n) is 6.09. The highest BCUT2D eigenvalue weighted by Crippen LogP contribution is 2.20. The summed E-state index contributed by atoms with van der Waals surface area (Å²) in [5.74, 6) is -0.0773. The Balaban J connectivity index is 2.72. The van der Waals surface area contributed by atoms with E-state index in [2.05, 4.69) is 12.2 Å². The predicted octanol–water partition coefficient (Wildman–Crippen LogP) is 2.07. The molecule has 0 radical (unpaired) electrons. The number of nitrogens with two attached hydrogens (primary N) is 1. The van der Waals surface area contributed by atoms with Crippen LogP contribution >= 0.6 is 0 Å². The van der Waals surface area contributed by atoms with E-state index in [4.69, 9.17) is 5.73 Å². The molecule has 0 spiro atoms. The quantitative estimate of drug-likeness (QED) is 0.791. The minimum Gasteiger partial charge on any atom is -0.368 e. The van der Waals surface area contributed by atoms with Gasteiger partial charge >= 0.3 is 0 Å². The standard InChI is InChI=1S/C14H22N2O/c1-4-11(2)14(3,13(15)17)16-10-12-8-6-5-7-9-12/h5-9,11,16H,4,10H2,1-3H3,(H2,15,17). The molecular weight excluding hydrogens is 212 g/mol. The maximum Gasteiger partial charge on any atom is 0.237 e. The van der Waals surface area contributed by atoms with Gasteiger partial charge in [-0.2, -0.15) is 0 Å². The molecule has 2 atom stereocenters. The molecule has 0 bridgehead atoms. The maximum atomic E-state index is 11.6. The Morgan fingerprint density at radius 1 is 1.41 bits per heavy atom. The Morgan fingerprint density at radius 3 is 2.47 bits per heavy atom. The Labute approximate surface area is 103 Å². The molecule has 3 N–H and O–H groups in total. The monoisotopic (exact) mass is 234 g/mol. The predicted molar refractivity (Wildman–Crippen MR) is 70.3 cm³/mol. The fraction of sp³-hybridized carbons (Fsp3) is 0.500. The molecule has 0 aliphatic rings. The van der Waals surface area contributed by atoms with Gasteiger partial charge in [0.15, 0.2) is 0 Å². The van der Waals surface area contributed by atoms with Gasteiger partial charge < -0.3 is 5.73 Å². The summed E-state index contributed by atoms with van der Waals surface area (Å²) in [6.45, 7) is 6.65. The highest BCUT2D eigenvalue weighted by Gasteiger charge is 2.35. The number of amides is 1. The molecule has 3 heteroatoms. The molecule has 0 heterocycles. The van der Waals surface area contributed by atoms with Crippen LogP contribution in [0.25, 0.3) is 0 Å². The van der Waals surface area contributed by atoms with E-state index >= 15 is 0 Å². The second-order valence-corrected chi connectivity index (χ2v) is 4.72. The van der Waals surface area contributed by atoms with Crippen LogP contribution in [0.5, 0.6) is 0 Å². The van der Waals surface area contributed by atoms with Gasteiger partial charge in [-0.25, -0.2) is 0 Å². The fourth-order valence-electron chi connectivity index (χ4n) is 1.79. The number of rotatable bonds is 6. The highest BCUT2D eigenvalue weighted by molar-refractivity contribution is 5.84. The van der Waals surface area contributed by atoms with Crippen molar-refractivity contribution in [2.75, 3.05) is 0 Å². The lowest BCUT2D eigenvalue weighted by atomic mass is 9.84. The molecular formula is C14H22N2O. The number of nitrogens with one attached hydrogen (secondary N) is 1. The number of primary amides is 1. The molecule has 0 aliphatic heterocycles. The number of hydrogen-bond donors (Lipinski definition) is 2. The minimum absolute atomic E-state index is 0.212. The molecule has 1 amide bonds. The van der Waals surface area contributed by atoms with Gasteiger partial charge in [-0.3, -0.25) is 10.1 Å². The number of carbonyl (C=O) groups excluding carboxylic acids is 1. The van der Waals surface area contributed by atoms with Gasteiger partial charge in [-0.1, -0.05) is 50.6 Å². The summed E-state index contributed by atoms with van der Waals surface area (Å²) >= 11 is 0. The highest BCUT2D eigenvalue weighted by atomic mass is 16.1. The third-order valence-corrected chi connectivity index (χ3v) is 3.61. The summed E-state index contributed by atoms with van der Waals surface area (Å²) in [7, 11) is 0. The number of hydrogen-bond acceptors (Lipinski definition) is 2. The first-order valence-corrected chi connectivity index (χ1v) is 6.09. The topological polar surface area (TPSA) is 55.1 Å². The summed E-state index contributed by atoms with van der Waals surface area (Å²) in [5, 5.41) is 3.29. The Kier molecular flexibility index (Phi) is 4.70. The summed E-state index contributed by atoms with van der Waals surface area (Å²) in [4.78, 5) is 11.6. The smallest absolute Gasteiger partial charge is 0.237 e. The molecule has 1 rings (SSSR count). The molecule has 0 saturated carbocycles. The van der Waals surface area contributed by atoms with Crippen LogP contribution in [-0.2, 0) is 11.3 Å². The van der Waals surface area contributed by atoms with E-state index in [-0.39, 0.29) is 11.8 Å². The molecule has 94 valence electrons. The number of benzene rings is 1. The minimum atomic E-state index is -0.648. The van der Waals surface area contributed by atoms with Crippen molar-refractivity contribution in [1.82, 2.24) is 5.32 Å². The Morgan fingerprint density at radius 2 is 2.00 bits per heavy atom. The molecule has 0 aromatic heterocycles. The van der Waals surface area contributed by atoms with Crippen LogP contribution in [0.4, 0.5) is 0 Å². The zero-order valence-electron chi connectivity index (χ0n) is 10.9. The lowest BCUT2D eigenvalue weighted by molar-refractivity contribution is -0.125. The zero-order chi connectivity index (χ0) is 12.9. The summed E-state index contributed by atoms with van der Waals surface area (Å²) in [6, 6.07) is 10.0. The van der Waals surface area contributed by atoms with Crippen LogP contribution in [0.1, 0.15) is 32.8 Å². The van der Waals surface area contributed by atoms with Crippen LogP contribution in [-0.4, -0.2) is 11.4 Å². The van der Waals surface area contributed by atoms with Crippen LogP contribution in [0.15, 0.2) is 30.3 Å². The molecule has 0 aliphatic carbocycles. The van der Waals surface area contributed by atoms with Gasteiger partial charge in [0.05, 0.1) is 5.54 Å². The van der Waals surface area contributed by atoms with E-state index < -0.39 is 5.54 Å². The fourth-order valence-corrected chi connectivity index (χ4v) is 1.79. The van der Waals surface area contributed by atoms with Crippen molar-refractivity contribution >= 4 is 5.91 Å². The summed E-state index contributed by atoms with van der Waals surface area (Å²) in [6.07, 6.45) is 0.918. The van der Waals surface area contributed by atoms with Gasteiger partial charge in [0.2, 0.25) is 5.91 Å². The second-order valence-electron chi connectivity index (χ2n) is 4.72. The van der Waals surface area contributed by atoms with Crippen molar-refractivity contribution in [2.24, 2.45) is 11.7 Å². The van der Waals surface area contributed by atoms with Gasteiger partial charge in [-0.15, -0.1) is 0 Å². The summed E-state index contributed by atoms with van der Waals surface area (Å²) < 4.78 is 0. The average Bonchev–Trinajstić information content (AvgIpc) is 2.35. The van der Waals surface area contributed by atoms with Crippen LogP contribution in [0.2, 0.25) is 0 Å². The lowest BCUT2D eigenvalue weighted by Crippen LogP contribution is -2.57. The Hall–Kier alpha value is -1.35. The molecule has 1 aromatic carbocycles. The second kappa shape index (κ2) is 5.82. The van der Waals surface area contributed by atoms with E-state index in [1.165, 1.54) is 0 Å². The first kappa shape index (κ1) is 13.7. The first-order chi connectivity index (χ1) is 8.00. The third-order valence-electron chi connectivity index (χ3n) is 3.61. The van der Waals surface area contributed by atoms with Gasteiger partial charge in [0, 0.05) is 6.54 Å². The van der Waals surface area contributed by atoms with Gasteiger partial charge in [0.25, 0.3) is 0 Å². The van der Waals surface area contributed by atoms with E-state index in [9.17, 15) is 4.79 Å². The van der Waals surface area contributed by atoms with Crippen molar-refractivity contribution in [3.05, 3.63) is 35.9 Å². The van der Waals surface area contributed by atoms with Crippen molar-refractivity contribution < 1.29 is 4.79 Å². The molecule has 17 heavy (non-hydrogen) atoms. The lowest BCUT2D eigenvalue weighted by Gasteiger charge is -2.33. The average molecular weight is 234 g/mol. The Bertz CT molecular complexity index is 364. The zero-order valence-corrected chi connectivity index (χ0v) is 10.9. The van der Waals surface area contributed by atoms with E-state index in [0.29, 0.717) is 6.54 Å². The third kappa shape index (κ3) is 3.30. The van der Waals surface area contributed by atoms with Crippen LogP contribution < -0.4 is 11.1 Å². The molecule has 3 nitrogen and oxygen atoms in total. The van der Waals surface area contributed by atoms with E-state index in [0.717, 1.165) is 12.0 Å². The molecule has 2 unspecified atom stereocenters. The van der Waals surface area contributed by atoms with Crippen LogP contribution in [0, 0.1) is 5.92 Å². The molecule has 0 fully saturated rings. The van der Waals surface area contributed by atoms with Gasteiger partial charge in [-0.05, 0) is 18.4 Å². The SMILES string of the molecule is CCC(C)C(C)(NCc1ccccc1)C(N)=O. The van der Waals surface area contributed by atoms with Crippen molar-refractivity contribution in [3.8, 4) is 0 Å². The molecule has 1 aromatic rings. The van der Waals surface area contributed by atoms with Crippen molar-refractivity contribution in [3.63, 3.8) is 0 Å². The maximum absolute atomic E-state index is 11.6. The van der Waals surface area contributed by atoms with Crippen LogP contribution in [0.3, 0.4) is 0 Å². The van der Waals surface area contributed by atoms with Gasteiger partial charge in [0.1, 0.15) is 0 Å². The van der Waals surface area contributed by atoms with E-state index in [1.807, 2.05) is 44.2 Å². The summed E-state index contributed by atoms with van der Waals surface area (Å²) in [5.41, 5.74) is 6.02. The molecule has 0 saturated heterocycles. The van der Waals surface area contributed by atoms with Crippen molar-refractivity contribution in [2.45, 2.75) is 39.3 Å². The van der Waals surface area contributed by atoms with E-state index in [1.54, 1.807) is 0 Å². The van der Waals surface area contributed by atoms with Crippen molar-refractivity contribution in [1.29, 1.82) is 0 Å². The number of carbonyl (C=O) groups is 1. The normalized spacial score (nSPS) is 16.2.